The first-order valence-electron chi connectivity index (χ1n) is 11.0. The Labute approximate surface area is 203 Å². The number of amides is 1. The van der Waals surface area contributed by atoms with Crippen molar-refractivity contribution in [3.05, 3.63) is 64.2 Å². The predicted molar refractivity (Wildman–Crippen MR) is 127 cm³/mol. The molecule has 0 aliphatic carbocycles. The van der Waals surface area contributed by atoms with Crippen LogP contribution in [-0.4, -0.2) is 80.2 Å². The molecule has 2 aromatic rings. The molecule has 9 heteroatoms. The lowest BCUT2D eigenvalue weighted by Crippen LogP contribution is -2.42. The van der Waals surface area contributed by atoms with E-state index in [0.29, 0.717) is 54.0 Å². The van der Waals surface area contributed by atoms with Gasteiger partial charge in [-0.25, -0.2) is 0 Å². The van der Waals surface area contributed by atoms with Crippen LogP contribution in [0.25, 0.3) is 5.76 Å². The van der Waals surface area contributed by atoms with Gasteiger partial charge < -0.3 is 24.2 Å². The molecule has 1 N–H and O–H groups in total. The molecule has 1 atom stereocenters. The fourth-order valence-electron chi connectivity index (χ4n) is 4.32. The van der Waals surface area contributed by atoms with E-state index in [0.717, 1.165) is 13.1 Å². The van der Waals surface area contributed by atoms with Crippen molar-refractivity contribution in [2.45, 2.75) is 6.04 Å². The third-order valence-corrected chi connectivity index (χ3v) is 6.39. The molecule has 1 unspecified atom stereocenters. The lowest BCUT2D eigenvalue weighted by atomic mass is 9.95. The molecule has 2 aromatic carbocycles. The molecular weight excluding hydrogens is 460 g/mol. The van der Waals surface area contributed by atoms with Crippen LogP contribution in [0.1, 0.15) is 17.2 Å². The van der Waals surface area contributed by atoms with Gasteiger partial charge in [-0.1, -0.05) is 17.7 Å². The Balaban J connectivity index is 1.77. The average molecular weight is 487 g/mol. The maximum atomic E-state index is 13.2. The van der Waals surface area contributed by atoms with Crippen LogP contribution in [0.4, 0.5) is 0 Å². The smallest absolute Gasteiger partial charge is 0.295 e. The molecule has 0 radical (unpaired) electrons. The van der Waals surface area contributed by atoms with Gasteiger partial charge in [0.15, 0.2) is 11.5 Å². The van der Waals surface area contributed by atoms with E-state index < -0.39 is 17.7 Å². The van der Waals surface area contributed by atoms with Crippen LogP contribution >= 0.6 is 11.6 Å². The van der Waals surface area contributed by atoms with Gasteiger partial charge in [0.05, 0.1) is 39.0 Å². The van der Waals surface area contributed by atoms with E-state index in [1.165, 1.54) is 19.1 Å². The van der Waals surface area contributed by atoms with Crippen molar-refractivity contribution in [1.29, 1.82) is 0 Å². The lowest BCUT2D eigenvalue weighted by Gasteiger charge is -2.31. The molecule has 0 saturated carbocycles. The number of methoxy groups -OCH3 is 2. The van der Waals surface area contributed by atoms with Gasteiger partial charge in [-0.3, -0.25) is 14.5 Å². The zero-order valence-corrected chi connectivity index (χ0v) is 19.9. The highest BCUT2D eigenvalue weighted by atomic mass is 35.5. The molecule has 34 heavy (non-hydrogen) atoms. The summed E-state index contributed by atoms with van der Waals surface area (Å²) in [6, 6.07) is 10.9. The van der Waals surface area contributed by atoms with Gasteiger partial charge in [-0.2, -0.15) is 0 Å². The number of carbonyl (C=O) groups excluding carboxylic acids is 2. The first-order chi connectivity index (χ1) is 16.4. The van der Waals surface area contributed by atoms with Gasteiger partial charge in [0.2, 0.25) is 0 Å². The quantitative estimate of drug-likeness (QED) is 0.365. The number of halogens is 1. The van der Waals surface area contributed by atoms with Crippen molar-refractivity contribution in [3.8, 4) is 11.5 Å². The van der Waals surface area contributed by atoms with E-state index in [9.17, 15) is 14.7 Å². The number of nitrogens with zero attached hydrogens (tertiary/aromatic N) is 2. The first kappa shape index (κ1) is 24.1. The van der Waals surface area contributed by atoms with Gasteiger partial charge >= 0.3 is 0 Å². The summed E-state index contributed by atoms with van der Waals surface area (Å²) in [5.41, 5.74) is 1.07. The first-order valence-corrected chi connectivity index (χ1v) is 11.4. The number of rotatable bonds is 7. The van der Waals surface area contributed by atoms with Crippen LogP contribution in [0.2, 0.25) is 5.02 Å². The molecule has 0 aromatic heterocycles. The number of carbonyl (C=O) groups is 2. The summed E-state index contributed by atoms with van der Waals surface area (Å²) in [5.74, 6) is -0.638. The highest BCUT2D eigenvalue weighted by Crippen LogP contribution is 2.41. The fraction of sp³-hybridized carbons (Fsp3) is 0.360. The van der Waals surface area contributed by atoms with E-state index in [1.54, 1.807) is 42.5 Å². The van der Waals surface area contributed by atoms with Crippen LogP contribution in [-0.2, 0) is 14.3 Å². The van der Waals surface area contributed by atoms with Gasteiger partial charge in [0.25, 0.3) is 11.7 Å². The summed E-state index contributed by atoms with van der Waals surface area (Å²) in [6.07, 6.45) is 0. The second-order valence-corrected chi connectivity index (χ2v) is 8.50. The van der Waals surface area contributed by atoms with E-state index >= 15 is 0 Å². The maximum Gasteiger partial charge on any atom is 0.295 e. The molecule has 2 saturated heterocycles. The van der Waals surface area contributed by atoms with E-state index in [1.807, 2.05) is 0 Å². The Bertz CT molecular complexity index is 1100. The SMILES string of the molecule is COc1ccc(C2/C(=C(\O)c3ccc(Cl)cc3)C(=O)C(=O)N2CCN2CCOCC2)cc1OC. The van der Waals surface area contributed by atoms with Crippen molar-refractivity contribution in [2.24, 2.45) is 0 Å². The molecular formula is C25H27ClN2O6. The number of hydrogen-bond donors (Lipinski definition) is 1. The molecule has 2 fully saturated rings. The number of likely N-dealkylation sites (tertiary alicyclic amines) is 1. The van der Waals surface area contributed by atoms with Crippen molar-refractivity contribution in [3.63, 3.8) is 0 Å². The van der Waals surface area contributed by atoms with Gasteiger partial charge in [0, 0.05) is 36.8 Å². The van der Waals surface area contributed by atoms with Crippen LogP contribution in [0.5, 0.6) is 11.5 Å². The Morgan fingerprint density at radius 1 is 1.03 bits per heavy atom. The Kier molecular flexibility index (Phi) is 7.41. The second-order valence-electron chi connectivity index (χ2n) is 8.07. The standard InChI is InChI=1S/C25H27ClN2O6/c1-32-19-8-5-17(15-20(19)33-2)22-21(23(29)16-3-6-18(26)7-4-16)24(30)25(31)28(22)10-9-27-11-13-34-14-12-27/h3-8,15,22,29H,9-14H2,1-2H3/b23-21+. The second kappa shape index (κ2) is 10.5. The predicted octanol–water partition coefficient (Wildman–Crippen LogP) is 3.11. The van der Waals surface area contributed by atoms with Crippen molar-refractivity contribution >= 4 is 29.1 Å². The van der Waals surface area contributed by atoms with Crippen molar-refractivity contribution in [1.82, 2.24) is 9.80 Å². The summed E-state index contributed by atoms with van der Waals surface area (Å²) in [5, 5.41) is 11.6. The van der Waals surface area contributed by atoms with E-state index in [4.69, 9.17) is 25.8 Å². The molecule has 4 rings (SSSR count). The molecule has 2 aliphatic rings. The molecule has 180 valence electrons. The molecule has 0 bridgehead atoms. The number of benzene rings is 2. The van der Waals surface area contributed by atoms with Gasteiger partial charge in [0.1, 0.15) is 5.76 Å². The zero-order chi connectivity index (χ0) is 24.2. The third kappa shape index (κ3) is 4.75. The molecule has 8 nitrogen and oxygen atoms in total. The topological polar surface area (TPSA) is 88.5 Å². The average Bonchev–Trinajstić information content (AvgIpc) is 3.12. The Morgan fingerprint density at radius 3 is 2.35 bits per heavy atom. The van der Waals surface area contributed by atoms with Gasteiger partial charge in [-0.05, 0) is 42.0 Å². The molecule has 1 amide bonds. The molecule has 0 spiro atoms. The number of hydrogen-bond acceptors (Lipinski definition) is 7. The summed E-state index contributed by atoms with van der Waals surface area (Å²) in [7, 11) is 3.05. The van der Waals surface area contributed by atoms with Crippen LogP contribution in [0, 0.1) is 0 Å². The summed E-state index contributed by atoms with van der Waals surface area (Å²) in [4.78, 5) is 30.0. The number of aliphatic hydroxyl groups excluding tert-OH is 1. The number of ether oxygens (including phenoxy) is 3. The fourth-order valence-corrected chi connectivity index (χ4v) is 4.44. The third-order valence-electron chi connectivity index (χ3n) is 6.14. The normalized spacial score (nSPS) is 20.6. The van der Waals surface area contributed by atoms with Crippen LogP contribution in [0.3, 0.4) is 0 Å². The molecule has 2 aliphatic heterocycles. The zero-order valence-electron chi connectivity index (χ0n) is 19.1. The largest absolute Gasteiger partial charge is 0.507 e. The van der Waals surface area contributed by atoms with E-state index in [2.05, 4.69) is 4.90 Å². The summed E-state index contributed by atoms with van der Waals surface area (Å²) in [6.45, 7) is 3.69. The number of Topliss-reactive ketones (excluding diaryl/α,β-unsaturated/α-hetero) is 1. The highest BCUT2D eigenvalue weighted by Gasteiger charge is 2.46. The number of morpholine rings is 1. The van der Waals surface area contributed by atoms with Crippen molar-refractivity contribution in [2.75, 3.05) is 53.6 Å². The Hall–Kier alpha value is -3.07. The van der Waals surface area contributed by atoms with Crippen LogP contribution in [0.15, 0.2) is 48.0 Å². The maximum absolute atomic E-state index is 13.2. The van der Waals surface area contributed by atoms with Crippen molar-refractivity contribution < 1.29 is 28.9 Å². The van der Waals surface area contributed by atoms with Crippen LogP contribution < -0.4 is 9.47 Å². The molecule has 2 heterocycles. The summed E-state index contributed by atoms with van der Waals surface area (Å²) < 4.78 is 16.2. The lowest BCUT2D eigenvalue weighted by molar-refractivity contribution is -0.140. The number of aliphatic hydroxyl groups is 1. The minimum atomic E-state index is -0.781. The summed E-state index contributed by atoms with van der Waals surface area (Å²) >= 11 is 5.99. The van der Waals surface area contributed by atoms with Gasteiger partial charge in [-0.15, -0.1) is 0 Å². The minimum absolute atomic E-state index is 0.0292. The monoisotopic (exact) mass is 486 g/mol. The highest BCUT2D eigenvalue weighted by molar-refractivity contribution is 6.46. The van der Waals surface area contributed by atoms with E-state index in [-0.39, 0.29) is 11.3 Å². The number of ketones is 1. The Morgan fingerprint density at radius 2 is 1.71 bits per heavy atom. The minimum Gasteiger partial charge on any atom is -0.507 e.